The first-order valence-corrected chi connectivity index (χ1v) is 16.0. The molecule has 1 N–H and O–H groups in total. The Morgan fingerprint density at radius 1 is 1.05 bits per heavy atom. The molecule has 1 aliphatic heterocycles. The lowest BCUT2D eigenvalue weighted by atomic mass is 10.0. The maximum atomic E-state index is 13.7. The molecule has 2 aliphatic rings. The standard InChI is InChI=1S/C30H41N3O6S/c1-4-26(30(35)31-24-12-7-8-13-24)32(21-23-11-6-5-10-22(23)2)29(34)14-9-17-33(40(3,36)37)25-15-16-27-28(20-25)39-19-18-38-27/h5-6,10-11,15-16,20,24,26H,4,7-9,12-14,17-19,21H2,1-3H3,(H,31,35)/t26-/m1/s1. The number of nitrogens with zero attached hydrogens (tertiary/aromatic N) is 2. The first-order chi connectivity index (χ1) is 19.2. The molecule has 0 unspecified atom stereocenters. The number of nitrogens with one attached hydrogen (secondary N) is 1. The number of ether oxygens (including phenoxy) is 2. The second-order valence-electron chi connectivity index (χ2n) is 10.6. The highest BCUT2D eigenvalue weighted by Gasteiger charge is 2.31. The van der Waals surface area contributed by atoms with E-state index in [0.717, 1.165) is 43.1 Å². The van der Waals surface area contributed by atoms with Crippen LogP contribution in [0.25, 0.3) is 0 Å². The molecule has 2 amide bonds. The molecule has 0 radical (unpaired) electrons. The summed E-state index contributed by atoms with van der Waals surface area (Å²) < 4.78 is 37.9. The number of benzene rings is 2. The lowest BCUT2D eigenvalue weighted by Crippen LogP contribution is -2.51. The zero-order chi connectivity index (χ0) is 28.7. The summed E-state index contributed by atoms with van der Waals surface area (Å²) in [5.41, 5.74) is 2.49. The Bertz CT molecular complexity index is 1290. The summed E-state index contributed by atoms with van der Waals surface area (Å²) in [6.07, 6.45) is 6.19. The molecule has 10 heteroatoms. The van der Waals surface area contributed by atoms with Crippen molar-refractivity contribution in [2.75, 3.05) is 30.3 Å². The Kier molecular flexibility index (Phi) is 9.95. The third-order valence-electron chi connectivity index (χ3n) is 7.66. The first-order valence-electron chi connectivity index (χ1n) is 14.2. The van der Waals surface area contributed by atoms with Crippen molar-refractivity contribution in [3.05, 3.63) is 53.6 Å². The normalized spacial score (nSPS) is 15.9. The van der Waals surface area contributed by atoms with Crippen LogP contribution in [0.1, 0.15) is 63.0 Å². The van der Waals surface area contributed by atoms with Gasteiger partial charge < -0.3 is 19.7 Å². The lowest BCUT2D eigenvalue weighted by Gasteiger charge is -2.32. The predicted octanol–water partition coefficient (Wildman–Crippen LogP) is 4.18. The van der Waals surface area contributed by atoms with Gasteiger partial charge in [0.15, 0.2) is 11.5 Å². The second-order valence-corrected chi connectivity index (χ2v) is 12.5. The van der Waals surface area contributed by atoms with Crippen LogP contribution >= 0.6 is 0 Å². The van der Waals surface area contributed by atoms with Crippen molar-refractivity contribution in [3.63, 3.8) is 0 Å². The van der Waals surface area contributed by atoms with Crippen molar-refractivity contribution >= 4 is 27.5 Å². The van der Waals surface area contributed by atoms with Gasteiger partial charge in [-0.25, -0.2) is 8.42 Å². The summed E-state index contributed by atoms with van der Waals surface area (Å²) in [5.74, 6) is 0.779. The number of anilines is 1. The summed E-state index contributed by atoms with van der Waals surface area (Å²) in [4.78, 5) is 28.7. The summed E-state index contributed by atoms with van der Waals surface area (Å²) in [6.45, 7) is 5.20. The first kappa shape index (κ1) is 29.7. The number of sulfonamides is 1. The molecular formula is C30H41N3O6S. The fourth-order valence-corrected chi connectivity index (χ4v) is 6.41. The van der Waals surface area contributed by atoms with E-state index >= 15 is 0 Å². The third-order valence-corrected chi connectivity index (χ3v) is 8.85. The Morgan fingerprint density at radius 3 is 2.42 bits per heavy atom. The number of hydrogen-bond acceptors (Lipinski definition) is 6. The monoisotopic (exact) mass is 571 g/mol. The van der Waals surface area contributed by atoms with E-state index in [1.165, 1.54) is 4.31 Å². The zero-order valence-corrected chi connectivity index (χ0v) is 24.5. The minimum Gasteiger partial charge on any atom is -0.486 e. The van der Waals surface area contributed by atoms with Crippen LogP contribution in [0.5, 0.6) is 11.5 Å². The predicted molar refractivity (Wildman–Crippen MR) is 155 cm³/mol. The molecule has 0 bridgehead atoms. The second kappa shape index (κ2) is 13.4. The molecule has 40 heavy (non-hydrogen) atoms. The van der Waals surface area contributed by atoms with E-state index < -0.39 is 16.1 Å². The van der Waals surface area contributed by atoms with E-state index in [9.17, 15) is 18.0 Å². The average molecular weight is 572 g/mol. The van der Waals surface area contributed by atoms with E-state index in [4.69, 9.17) is 9.47 Å². The van der Waals surface area contributed by atoms with Gasteiger partial charge >= 0.3 is 0 Å². The van der Waals surface area contributed by atoms with Crippen LogP contribution in [-0.2, 0) is 26.2 Å². The molecule has 1 saturated carbocycles. The van der Waals surface area contributed by atoms with Gasteiger partial charge in [0.25, 0.3) is 0 Å². The summed E-state index contributed by atoms with van der Waals surface area (Å²) in [5, 5.41) is 3.16. The molecule has 4 rings (SSSR count). The van der Waals surface area contributed by atoms with Crippen molar-refractivity contribution < 1.29 is 27.5 Å². The molecular weight excluding hydrogens is 530 g/mol. The summed E-state index contributed by atoms with van der Waals surface area (Å²) >= 11 is 0. The molecule has 218 valence electrons. The van der Waals surface area contributed by atoms with Crippen LogP contribution in [0.15, 0.2) is 42.5 Å². The minimum absolute atomic E-state index is 0.107. The van der Waals surface area contributed by atoms with Crippen molar-refractivity contribution in [3.8, 4) is 11.5 Å². The van der Waals surface area contributed by atoms with Gasteiger partial charge in [-0.2, -0.15) is 0 Å². The van der Waals surface area contributed by atoms with Crippen molar-refractivity contribution in [1.29, 1.82) is 0 Å². The number of amides is 2. The molecule has 1 heterocycles. The zero-order valence-electron chi connectivity index (χ0n) is 23.7. The van der Waals surface area contributed by atoms with Gasteiger partial charge in [0.2, 0.25) is 21.8 Å². The Balaban J connectivity index is 1.49. The Hall–Kier alpha value is -3.27. The quantitative estimate of drug-likeness (QED) is 0.410. The van der Waals surface area contributed by atoms with Gasteiger partial charge in [-0.3, -0.25) is 13.9 Å². The van der Waals surface area contributed by atoms with Crippen LogP contribution < -0.4 is 19.1 Å². The molecule has 1 fully saturated rings. The van der Waals surface area contributed by atoms with Gasteiger partial charge in [-0.15, -0.1) is 0 Å². The van der Waals surface area contributed by atoms with Gasteiger partial charge in [0.1, 0.15) is 19.3 Å². The van der Waals surface area contributed by atoms with Crippen LogP contribution in [0.3, 0.4) is 0 Å². The highest BCUT2D eigenvalue weighted by molar-refractivity contribution is 7.92. The van der Waals surface area contributed by atoms with E-state index in [1.807, 2.05) is 38.1 Å². The number of aryl methyl sites for hydroxylation is 1. The third kappa shape index (κ3) is 7.47. The average Bonchev–Trinajstić information content (AvgIpc) is 3.44. The van der Waals surface area contributed by atoms with Gasteiger partial charge in [0, 0.05) is 31.6 Å². The molecule has 2 aromatic carbocycles. The summed E-state index contributed by atoms with van der Waals surface area (Å²) in [6, 6.07) is 12.5. The lowest BCUT2D eigenvalue weighted by molar-refractivity contribution is -0.141. The largest absolute Gasteiger partial charge is 0.486 e. The van der Waals surface area contributed by atoms with Crippen molar-refractivity contribution in [2.24, 2.45) is 0 Å². The molecule has 0 saturated heterocycles. The fourth-order valence-electron chi connectivity index (χ4n) is 5.45. The Morgan fingerprint density at radius 2 is 1.75 bits per heavy atom. The van der Waals surface area contributed by atoms with E-state index in [2.05, 4.69) is 5.32 Å². The minimum atomic E-state index is -3.62. The number of hydrogen-bond donors (Lipinski definition) is 1. The van der Waals surface area contributed by atoms with E-state index in [-0.39, 0.29) is 30.8 Å². The highest BCUT2D eigenvalue weighted by atomic mass is 32.2. The number of fused-ring (bicyclic) bond motifs is 1. The van der Waals surface area contributed by atoms with E-state index in [0.29, 0.717) is 49.8 Å². The molecule has 0 spiro atoms. The highest BCUT2D eigenvalue weighted by Crippen LogP contribution is 2.35. The van der Waals surface area contributed by atoms with E-state index in [1.54, 1.807) is 23.1 Å². The fraction of sp³-hybridized carbons (Fsp3) is 0.533. The smallest absolute Gasteiger partial charge is 0.243 e. The van der Waals surface area contributed by atoms with Gasteiger partial charge in [-0.1, -0.05) is 44.0 Å². The molecule has 1 aliphatic carbocycles. The van der Waals surface area contributed by atoms with Gasteiger partial charge in [0.05, 0.1) is 11.9 Å². The maximum Gasteiger partial charge on any atom is 0.243 e. The molecule has 1 atom stereocenters. The molecule has 9 nitrogen and oxygen atoms in total. The number of carbonyl (C=O) groups is 2. The van der Waals surface area contributed by atoms with Crippen LogP contribution in [0.2, 0.25) is 0 Å². The van der Waals surface area contributed by atoms with Crippen LogP contribution in [0, 0.1) is 6.92 Å². The van der Waals surface area contributed by atoms with Crippen LogP contribution in [-0.4, -0.2) is 63.2 Å². The molecule has 2 aromatic rings. The Labute approximate surface area is 237 Å². The van der Waals surface area contributed by atoms with Crippen molar-refractivity contribution in [2.45, 2.75) is 77.4 Å². The number of rotatable bonds is 12. The summed E-state index contributed by atoms with van der Waals surface area (Å²) in [7, 11) is -3.62. The van der Waals surface area contributed by atoms with Crippen molar-refractivity contribution in [1.82, 2.24) is 10.2 Å². The topological polar surface area (TPSA) is 105 Å². The van der Waals surface area contributed by atoms with Gasteiger partial charge in [-0.05, 0) is 55.9 Å². The van der Waals surface area contributed by atoms with Crippen LogP contribution in [0.4, 0.5) is 5.69 Å². The maximum absolute atomic E-state index is 13.7. The number of carbonyl (C=O) groups excluding carboxylic acids is 2. The molecule has 0 aromatic heterocycles. The SMILES string of the molecule is CC[C@H](C(=O)NC1CCCC1)N(Cc1ccccc1C)C(=O)CCCN(c1ccc2c(c1)OCCO2)S(C)(=O)=O.